The quantitative estimate of drug-likeness (QED) is 0.792. The SMILES string of the molecule is Cc1nnnn1C(Cc1ccccc1)C(=O)N[C@@H](C)CN. The van der Waals surface area contributed by atoms with Crippen LogP contribution in [-0.2, 0) is 11.2 Å². The van der Waals surface area contributed by atoms with E-state index in [4.69, 9.17) is 5.73 Å². The van der Waals surface area contributed by atoms with Gasteiger partial charge in [-0.25, -0.2) is 4.68 Å². The van der Waals surface area contributed by atoms with Gasteiger partial charge in [0.25, 0.3) is 0 Å². The topological polar surface area (TPSA) is 98.7 Å². The number of tetrazole rings is 1. The molecule has 112 valence electrons. The number of nitrogens with one attached hydrogen (secondary N) is 1. The van der Waals surface area contributed by atoms with Crippen LogP contribution in [0.2, 0.25) is 0 Å². The molecule has 0 aliphatic carbocycles. The molecule has 1 unspecified atom stereocenters. The zero-order valence-corrected chi connectivity index (χ0v) is 12.2. The Labute approximate surface area is 123 Å². The molecule has 1 aromatic heterocycles. The van der Waals surface area contributed by atoms with Crippen LogP contribution in [0.4, 0.5) is 0 Å². The molecule has 0 saturated heterocycles. The molecule has 0 aliphatic heterocycles. The van der Waals surface area contributed by atoms with E-state index in [0.717, 1.165) is 5.56 Å². The number of amides is 1. The van der Waals surface area contributed by atoms with Crippen LogP contribution in [-0.4, -0.2) is 38.7 Å². The van der Waals surface area contributed by atoms with E-state index >= 15 is 0 Å². The fourth-order valence-corrected chi connectivity index (χ4v) is 2.05. The summed E-state index contributed by atoms with van der Waals surface area (Å²) in [6, 6.07) is 9.21. The predicted octanol–water partition coefficient (Wildman–Crippen LogP) is 0.229. The van der Waals surface area contributed by atoms with Crippen LogP contribution in [0.3, 0.4) is 0 Å². The van der Waals surface area contributed by atoms with Gasteiger partial charge in [0, 0.05) is 19.0 Å². The maximum atomic E-state index is 12.5. The highest BCUT2D eigenvalue weighted by molar-refractivity contribution is 5.80. The molecule has 0 aliphatic rings. The molecule has 2 atom stereocenters. The van der Waals surface area contributed by atoms with Gasteiger partial charge in [0.1, 0.15) is 11.9 Å². The van der Waals surface area contributed by atoms with Crippen molar-refractivity contribution in [3.05, 3.63) is 41.7 Å². The van der Waals surface area contributed by atoms with Gasteiger partial charge >= 0.3 is 0 Å². The number of benzene rings is 1. The zero-order valence-electron chi connectivity index (χ0n) is 12.2. The summed E-state index contributed by atoms with van der Waals surface area (Å²) < 4.78 is 1.55. The number of aryl methyl sites for hydroxylation is 1. The summed E-state index contributed by atoms with van der Waals surface area (Å²) in [5.74, 6) is 0.471. The number of carbonyl (C=O) groups excluding carboxylic acids is 1. The molecule has 7 heteroatoms. The van der Waals surface area contributed by atoms with Gasteiger partial charge in [0.15, 0.2) is 0 Å². The average Bonchev–Trinajstić information content (AvgIpc) is 2.91. The number of carbonyl (C=O) groups is 1. The Kier molecular flexibility index (Phi) is 4.99. The van der Waals surface area contributed by atoms with Crippen molar-refractivity contribution in [3.8, 4) is 0 Å². The Balaban J connectivity index is 2.22. The summed E-state index contributed by atoms with van der Waals surface area (Å²) in [6.45, 7) is 4.03. The zero-order chi connectivity index (χ0) is 15.2. The van der Waals surface area contributed by atoms with E-state index in [9.17, 15) is 4.79 Å². The average molecular weight is 288 g/mol. The van der Waals surface area contributed by atoms with Crippen molar-refractivity contribution in [3.63, 3.8) is 0 Å². The van der Waals surface area contributed by atoms with Crippen LogP contribution >= 0.6 is 0 Å². The van der Waals surface area contributed by atoms with Crippen LogP contribution in [0.15, 0.2) is 30.3 Å². The van der Waals surface area contributed by atoms with Crippen molar-refractivity contribution < 1.29 is 4.79 Å². The van der Waals surface area contributed by atoms with Gasteiger partial charge in [-0.15, -0.1) is 5.10 Å². The molecule has 21 heavy (non-hydrogen) atoms. The Hall–Kier alpha value is -2.28. The van der Waals surface area contributed by atoms with Crippen LogP contribution in [0.1, 0.15) is 24.4 Å². The fourth-order valence-electron chi connectivity index (χ4n) is 2.05. The second-order valence-corrected chi connectivity index (χ2v) is 5.02. The maximum Gasteiger partial charge on any atom is 0.245 e. The summed E-state index contributed by atoms with van der Waals surface area (Å²) in [6.07, 6.45) is 0.524. The lowest BCUT2D eigenvalue weighted by Crippen LogP contribution is -2.43. The van der Waals surface area contributed by atoms with Crippen molar-refractivity contribution in [2.75, 3.05) is 6.54 Å². The largest absolute Gasteiger partial charge is 0.351 e. The molecule has 3 N–H and O–H groups in total. The molecule has 0 fully saturated rings. The van der Waals surface area contributed by atoms with Crippen molar-refractivity contribution in [2.45, 2.75) is 32.4 Å². The summed E-state index contributed by atoms with van der Waals surface area (Å²) in [7, 11) is 0. The summed E-state index contributed by atoms with van der Waals surface area (Å²) in [4.78, 5) is 12.5. The molecule has 0 saturated carbocycles. The Morgan fingerprint density at radius 3 is 2.67 bits per heavy atom. The number of rotatable bonds is 6. The molecule has 7 nitrogen and oxygen atoms in total. The molecular weight excluding hydrogens is 268 g/mol. The Bertz CT molecular complexity index is 582. The number of aromatic nitrogens is 4. The second-order valence-electron chi connectivity index (χ2n) is 5.02. The van der Waals surface area contributed by atoms with E-state index in [1.807, 2.05) is 37.3 Å². The summed E-state index contributed by atoms with van der Waals surface area (Å²) in [5.41, 5.74) is 6.61. The first-order chi connectivity index (χ1) is 10.1. The highest BCUT2D eigenvalue weighted by Crippen LogP contribution is 2.15. The lowest BCUT2D eigenvalue weighted by atomic mass is 10.0. The summed E-state index contributed by atoms with van der Waals surface area (Å²) >= 11 is 0. The minimum absolute atomic E-state index is 0.0902. The first-order valence-electron chi connectivity index (χ1n) is 6.90. The third kappa shape index (κ3) is 3.85. The van der Waals surface area contributed by atoms with Gasteiger partial charge in [-0.2, -0.15) is 0 Å². The third-order valence-electron chi connectivity index (χ3n) is 3.27. The standard InChI is InChI=1S/C14H20N6O/c1-10(9-15)16-14(21)13(20-11(2)17-18-19-20)8-12-6-4-3-5-7-12/h3-7,10,13H,8-9,15H2,1-2H3,(H,16,21)/t10-,13?/m0/s1. The molecule has 2 aromatic rings. The van der Waals surface area contributed by atoms with E-state index in [1.165, 1.54) is 0 Å². The Morgan fingerprint density at radius 1 is 1.38 bits per heavy atom. The minimum Gasteiger partial charge on any atom is -0.351 e. The van der Waals surface area contributed by atoms with E-state index < -0.39 is 6.04 Å². The molecule has 0 radical (unpaired) electrons. The number of hydrogen-bond acceptors (Lipinski definition) is 5. The molecule has 1 aromatic carbocycles. The van der Waals surface area contributed by atoms with Crippen molar-refractivity contribution in [1.29, 1.82) is 0 Å². The Morgan fingerprint density at radius 2 is 2.10 bits per heavy atom. The van der Waals surface area contributed by atoms with E-state index in [-0.39, 0.29) is 11.9 Å². The fraction of sp³-hybridized carbons (Fsp3) is 0.429. The van der Waals surface area contributed by atoms with Gasteiger partial charge in [0.05, 0.1) is 0 Å². The van der Waals surface area contributed by atoms with Crippen LogP contribution in [0.5, 0.6) is 0 Å². The smallest absolute Gasteiger partial charge is 0.245 e. The van der Waals surface area contributed by atoms with Crippen molar-refractivity contribution in [1.82, 2.24) is 25.5 Å². The number of nitrogens with two attached hydrogens (primary N) is 1. The highest BCUT2D eigenvalue weighted by Gasteiger charge is 2.24. The first kappa shape index (κ1) is 15.1. The maximum absolute atomic E-state index is 12.5. The van der Waals surface area contributed by atoms with Gasteiger partial charge in [-0.05, 0) is 29.8 Å². The normalized spacial score (nSPS) is 13.7. The van der Waals surface area contributed by atoms with E-state index in [2.05, 4.69) is 20.8 Å². The second kappa shape index (κ2) is 6.94. The van der Waals surface area contributed by atoms with Gasteiger partial charge < -0.3 is 11.1 Å². The molecule has 2 rings (SSSR count). The molecule has 1 amide bonds. The van der Waals surface area contributed by atoms with Gasteiger partial charge in [-0.3, -0.25) is 4.79 Å². The predicted molar refractivity (Wildman–Crippen MR) is 78.4 cm³/mol. The van der Waals surface area contributed by atoms with Crippen LogP contribution in [0, 0.1) is 6.92 Å². The number of nitrogens with zero attached hydrogens (tertiary/aromatic N) is 4. The summed E-state index contributed by atoms with van der Waals surface area (Å²) in [5, 5.41) is 14.3. The van der Waals surface area contributed by atoms with Crippen molar-refractivity contribution in [2.24, 2.45) is 5.73 Å². The van der Waals surface area contributed by atoms with Crippen LogP contribution in [0.25, 0.3) is 0 Å². The molecule has 0 bridgehead atoms. The molecular formula is C14H20N6O. The van der Waals surface area contributed by atoms with E-state index in [0.29, 0.717) is 18.8 Å². The lowest BCUT2D eigenvalue weighted by Gasteiger charge is -2.20. The van der Waals surface area contributed by atoms with Gasteiger partial charge in [0.2, 0.25) is 5.91 Å². The minimum atomic E-state index is -0.489. The highest BCUT2D eigenvalue weighted by atomic mass is 16.2. The first-order valence-corrected chi connectivity index (χ1v) is 6.90. The number of hydrogen-bond donors (Lipinski definition) is 2. The monoisotopic (exact) mass is 288 g/mol. The molecule has 1 heterocycles. The third-order valence-corrected chi connectivity index (χ3v) is 3.27. The van der Waals surface area contributed by atoms with Crippen LogP contribution < -0.4 is 11.1 Å². The van der Waals surface area contributed by atoms with Gasteiger partial charge in [-0.1, -0.05) is 30.3 Å². The van der Waals surface area contributed by atoms with E-state index in [1.54, 1.807) is 11.6 Å². The lowest BCUT2D eigenvalue weighted by molar-refractivity contribution is -0.125. The van der Waals surface area contributed by atoms with Crippen molar-refractivity contribution >= 4 is 5.91 Å². The molecule has 0 spiro atoms.